The standard InChI is InChI=1S/C16H23NOS/c1-5-6-17-9-15-14(10-18-4)13-8-11(2)7-12(3)16(13)19-15/h7-8,17H,5-6,9-10H2,1-4H3. The fraction of sp³-hybridized carbons (Fsp3) is 0.500. The lowest BCUT2D eigenvalue weighted by molar-refractivity contribution is 0.185. The Labute approximate surface area is 119 Å². The molecule has 19 heavy (non-hydrogen) atoms. The predicted octanol–water partition coefficient (Wildman–Crippen LogP) is 4.16. The van der Waals surface area contributed by atoms with Crippen LogP contribution in [0.15, 0.2) is 12.1 Å². The highest BCUT2D eigenvalue weighted by Crippen LogP contribution is 2.35. The molecule has 3 heteroatoms. The number of hydrogen-bond donors (Lipinski definition) is 1. The highest BCUT2D eigenvalue weighted by Gasteiger charge is 2.13. The molecule has 2 rings (SSSR count). The second-order valence-electron chi connectivity index (χ2n) is 5.07. The summed E-state index contributed by atoms with van der Waals surface area (Å²) >= 11 is 1.91. The van der Waals surface area contributed by atoms with Crippen LogP contribution < -0.4 is 5.32 Å². The topological polar surface area (TPSA) is 21.3 Å². The van der Waals surface area contributed by atoms with E-state index < -0.39 is 0 Å². The van der Waals surface area contributed by atoms with E-state index in [1.807, 2.05) is 11.3 Å². The molecule has 0 radical (unpaired) electrons. The molecule has 1 N–H and O–H groups in total. The van der Waals surface area contributed by atoms with Crippen LogP contribution in [0.3, 0.4) is 0 Å². The van der Waals surface area contributed by atoms with Crippen molar-refractivity contribution >= 4 is 21.4 Å². The van der Waals surface area contributed by atoms with E-state index in [-0.39, 0.29) is 0 Å². The van der Waals surface area contributed by atoms with Gasteiger partial charge in [-0.2, -0.15) is 0 Å². The maximum atomic E-state index is 5.40. The lowest BCUT2D eigenvalue weighted by atomic mass is 10.1. The molecule has 104 valence electrons. The summed E-state index contributed by atoms with van der Waals surface area (Å²) in [6.45, 7) is 9.28. The van der Waals surface area contributed by atoms with Gasteiger partial charge in [0.05, 0.1) is 6.61 Å². The van der Waals surface area contributed by atoms with Gasteiger partial charge in [-0.15, -0.1) is 11.3 Å². The van der Waals surface area contributed by atoms with Gasteiger partial charge in [0.1, 0.15) is 0 Å². The third-order valence-electron chi connectivity index (χ3n) is 3.31. The monoisotopic (exact) mass is 277 g/mol. The molecular formula is C16H23NOS. The van der Waals surface area contributed by atoms with Crippen LogP contribution >= 0.6 is 11.3 Å². The first kappa shape index (κ1) is 14.5. The number of aryl methyl sites for hydroxylation is 2. The summed E-state index contributed by atoms with van der Waals surface area (Å²) in [5, 5.41) is 4.87. The first-order valence-electron chi connectivity index (χ1n) is 6.88. The first-order chi connectivity index (χ1) is 9.17. The summed E-state index contributed by atoms with van der Waals surface area (Å²) in [6.07, 6.45) is 1.17. The minimum Gasteiger partial charge on any atom is -0.380 e. The molecule has 0 fully saturated rings. The predicted molar refractivity (Wildman–Crippen MR) is 84.0 cm³/mol. The number of ether oxygens (including phenoxy) is 1. The molecule has 0 saturated carbocycles. The summed E-state index contributed by atoms with van der Waals surface area (Å²) in [4.78, 5) is 1.42. The summed E-state index contributed by atoms with van der Waals surface area (Å²) in [5.41, 5.74) is 4.06. The van der Waals surface area contributed by atoms with Crippen molar-refractivity contribution in [3.05, 3.63) is 33.7 Å². The van der Waals surface area contributed by atoms with Crippen molar-refractivity contribution in [1.29, 1.82) is 0 Å². The van der Waals surface area contributed by atoms with Gasteiger partial charge in [-0.3, -0.25) is 0 Å². The molecule has 0 aliphatic rings. The van der Waals surface area contributed by atoms with Crippen LogP contribution in [0.1, 0.15) is 34.9 Å². The van der Waals surface area contributed by atoms with Crippen molar-refractivity contribution < 1.29 is 4.74 Å². The van der Waals surface area contributed by atoms with E-state index in [9.17, 15) is 0 Å². The Morgan fingerprint density at radius 1 is 1.26 bits per heavy atom. The van der Waals surface area contributed by atoms with Gasteiger partial charge in [0.15, 0.2) is 0 Å². The third-order valence-corrected chi connectivity index (χ3v) is 4.69. The van der Waals surface area contributed by atoms with Crippen LogP contribution in [0.5, 0.6) is 0 Å². The molecule has 0 unspecified atom stereocenters. The fourth-order valence-electron chi connectivity index (χ4n) is 2.47. The Morgan fingerprint density at radius 3 is 2.74 bits per heavy atom. The van der Waals surface area contributed by atoms with E-state index in [4.69, 9.17) is 4.74 Å². The maximum absolute atomic E-state index is 5.40. The SMILES string of the molecule is CCCNCc1sc2c(C)cc(C)cc2c1COC. The quantitative estimate of drug-likeness (QED) is 0.800. The lowest BCUT2D eigenvalue weighted by Crippen LogP contribution is -2.13. The number of benzene rings is 1. The lowest BCUT2D eigenvalue weighted by Gasteiger charge is -2.05. The molecule has 2 aromatic rings. The number of fused-ring (bicyclic) bond motifs is 1. The number of nitrogens with one attached hydrogen (secondary N) is 1. The Bertz CT molecular complexity index is 559. The minimum atomic E-state index is 0.700. The van der Waals surface area contributed by atoms with E-state index in [1.54, 1.807) is 7.11 Å². The van der Waals surface area contributed by atoms with Crippen molar-refractivity contribution in [3.8, 4) is 0 Å². The molecule has 0 bridgehead atoms. The Morgan fingerprint density at radius 2 is 2.05 bits per heavy atom. The molecule has 1 aromatic carbocycles. The minimum absolute atomic E-state index is 0.700. The van der Waals surface area contributed by atoms with Crippen molar-refractivity contribution in [2.75, 3.05) is 13.7 Å². The largest absolute Gasteiger partial charge is 0.380 e. The van der Waals surface area contributed by atoms with Gasteiger partial charge in [0.2, 0.25) is 0 Å². The second-order valence-corrected chi connectivity index (χ2v) is 6.18. The van der Waals surface area contributed by atoms with Crippen molar-refractivity contribution in [2.45, 2.75) is 40.3 Å². The normalized spacial score (nSPS) is 11.4. The van der Waals surface area contributed by atoms with Crippen LogP contribution in [-0.4, -0.2) is 13.7 Å². The van der Waals surface area contributed by atoms with Gasteiger partial charge >= 0.3 is 0 Å². The molecule has 0 spiro atoms. The molecule has 0 aliphatic heterocycles. The zero-order valence-corrected chi connectivity index (χ0v) is 13.1. The fourth-order valence-corrected chi connectivity index (χ4v) is 3.70. The Hall–Kier alpha value is -0.900. The van der Waals surface area contributed by atoms with E-state index in [2.05, 4.69) is 38.2 Å². The second kappa shape index (κ2) is 6.51. The smallest absolute Gasteiger partial charge is 0.0730 e. The van der Waals surface area contributed by atoms with E-state index >= 15 is 0 Å². The highest BCUT2D eigenvalue weighted by molar-refractivity contribution is 7.19. The van der Waals surface area contributed by atoms with Gasteiger partial charge < -0.3 is 10.1 Å². The van der Waals surface area contributed by atoms with Gasteiger partial charge in [0, 0.05) is 28.8 Å². The molecule has 2 nitrogen and oxygen atoms in total. The molecule has 1 aromatic heterocycles. The van der Waals surface area contributed by atoms with Crippen LogP contribution in [-0.2, 0) is 17.9 Å². The maximum Gasteiger partial charge on any atom is 0.0730 e. The van der Waals surface area contributed by atoms with Crippen LogP contribution in [0.25, 0.3) is 10.1 Å². The van der Waals surface area contributed by atoms with E-state index in [0.717, 1.165) is 13.1 Å². The third kappa shape index (κ3) is 3.16. The number of rotatable bonds is 6. The van der Waals surface area contributed by atoms with Crippen molar-refractivity contribution in [1.82, 2.24) is 5.32 Å². The molecule has 0 atom stereocenters. The van der Waals surface area contributed by atoms with Gasteiger partial charge in [-0.1, -0.05) is 24.6 Å². The first-order valence-corrected chi connectivity index (χ1v) is 7.70. The average Bonchev–Trinajstić information content (AvgIpc) is 2.70. The van der Waals surface area contributed by atoms with E-state index in [1.165, 1.54) is 38.1 Å². The summed E-state index contributed by atoms with van der Waals surface area (Å²) in [5.74, 6) is 0. The zero-order chi connectivity index (χ0) is 13.8. The highest BCUT2D eigenvalue weighted by atomic mass is 32.1. The molecule has 0 amide bonds. The summed E-state index contributed by atoms with van der Waals surface area (Å²) in [7, 11) is 1.77. The van der Waals surface area contributed by atoms with Crippen LogP contribution in [0.2, 0.25) is 0 Å². The summed E-state index contributed by atoms with van der Waals surface area (Å²) < 4.78 is 6.81. The Balaban J connectivity index is 2.44. The van der Waals surface area contributed by atoms with Gasteiger partial charge in [-0.05, 0) is 37.8 Å². The van der Waals surface area contributed by atoms with Crippen molar-refractivity contribution in [3.63, 3.8) is 0 Å². The number of thiophene rings is 1. The van der Waals surface area contributed by atoms with Crippen molar-refractivity contribution in [2.24, 2.45) is 0 Å². The van der Waals surface area contributed by atoms with Crippen LogP contribution in [0, 0.1) is 13.8 Å². The number of hydrogen-bond acceptors (Lipinski definition) is 3. The molecule has 0 saturated heterocycles. The summed E-state index contributed by atoms with van der Waals surface area (Å²) in [6, 6.07) is 4.55. The van der Waals surface area contributed by atoms with Crippen LogP contribution in [0.4, 0.5) is 0 Å². The van der Waals surface area contributed by atoms with Gasteiger partial charge in [-0.25, -0.2) is 0 Å². The number of methoxy groups -OCH3 is 1. The average molecular weight is 277 g/mol. The van der Waals surface area contributed by atoms with Gasteiger partial charge in [0.25, 0.3) is 0 Å². The molecule has 0 aliphatic carbocycles. The molecule has 1 heterocycles. The zero-order valence-electron chi connectivity index (χ0n) is 12.3. The Kier molecular flexibility index (Phi) is 4.97. The molecular weight excluding hydrogens is 254 g/mol. The van der Waals surface area contributed by atoms with E-state index in [0.29, 0.717) is 6.61 Å².